The summed E-state index contributed by atoms with van der Waals surface area (Å²) in [6, 6.07) is 10.3. The van der Waals surface area contributed by atoms with E-state index < -0.39 is 0 Å². The molecule has 1 atom stereocenters. The predicted octanol–water partition coefficient (Wildman–Crippen LogP) is 2.83. The molecule has 18 heavy (non-hydrogen) atoms. The second-order valence-corrected chi connectivity index (χ2v) is 4.21. The van der Waals surface area contributed by atoms with Gasteiger partial charge in [-0.25, -0.2) is 14.2 Å². The molecule has 4 heteroatoms. The zero-order valence-electron chi connectivity index (χ0n) is 9.95. The highest BCUT2D eigenvalue weighted by atomic mass is 19.1. The number of hydrazine groups is 1. The summed E-state index contributed by atoms with van der Waals surface area (Å²) in [5.74, 6) is 4.88. The molecule has 0 saturated carbocycles. The average Bonchev–Trinajstić information content (AvgIpc) is 2.31. The van der Waals surface area contributed by atoms with Gasteiger partial charge in [0.05, 0.1) is 6.04 Å². The van der Waals surface area contributed by atoms with Crippen LogP contribution in [0.3, 0.4) is 0 Å². The Kier molecular flexibility index (Phi) is 3.69. The van der Waals surface area contributed by atoms with E-state index >= 15 is 0 Å². The summed E-state index contributed by atoms with van der Waals surface area (Å²) in [5, 5.41) is 0. The first-order valence-corrected chi connectivity index (χ1v) is 5.59. The maximum atomic E-state index is 13.4. The highest BCUT2D eigenvalue weighted by Gasteiger charge is 2.13. The zero-order chi connectivity index (χ0) is 13.1. The predicted molar refractivity (Wildman–Crippen MR) is 66.7 cm³/mol. The van der Waals surface area contributed by atoms with Crippen molar-refractivity contribution in [3.63, 3.8) is 0 Å². The largest absolute Gasteiger partial charge is 0.271 e. The van der Waals surface area contributed by atoms with E-state index in [4.69, 9.17) is 5.84 Å². The standard InChI is InChI=1S/C14H14F2N2/c1-9-6-11(8-13(16)7-9)14(18-17)10-2-4-12(15)5-3-10/h2-8,14,18H,17H2,1H3. The van der Waals surface area contributed by atoms with Gasteiger partial charge in [0.15, 0.2) is 0 Å². The first-order chi connectivity index (χ1) is 8.60. The number of hydrogen-bond acceptors (Lipinski definition) is 2. The summed E-state index contributed by atoms with van der Waals surface area (Å²) in [5.41, 5.74) is 4.92. The molecule has 0 fully saturated rings. The molecule has 0 aliphatic rings. The van der Waals surface area contributed by atoms with Crippen LogP contribution in [0.2, 0.25) is 0 Å². The van der Waals surface area contributed by atoms with Gasteiger partial charge >= 0.3 is 0 Å². The van der Waals surface area contributed by atoms with Gasteiger partial charge in [-0.15, -0.1) is 0 Å². The van der Waals surface area contributed by atoms with Crippen molar-refractivity contribution in [2.24, 2.45) is 5.84 Å². The average molecular weight is 248 g/mol. The van der Waals surface area contributed by atoms with E-state index in [1.807, 2.05) is 13.0 Å². The Labute approximate surface area is 104 Å². The Hall–Kier alpha value is -1.78. The minimum Gasteiger partial charge on any atom is -0.271 e. The first kappa shape index (κ1) is 12.7. The highest BCUT2D eigenvalue weighted by Crippen LogP contribution is 2.23. The number of halogens is 2. The van der Waals surface area contributed by atoms with Crippen molar-refractivity contribution in [2.75, 3.05) is 0 Å². The molecule has 0 aromatic heterocycles. The van der Waals surface area contributed by atoms with Gasteiger partial charge in [0.2, 0.25) is 0 Å². The fourth-order valence-corrected chi connectivity index (χ4v) is 1.97. The van der Waals surface area contributed by atoms with Crippen molar-refractivity contribution >= 4 is 0 Å². The second-order valence-electron chi connectivity index (χ2n) is 4.21. The molecule has 2 aromatic carbocycles. The van der Waals surface area contributed by atoms with E-state index in [9.17, 15) is 8.78 Å². The Bertz CT molecular complexity index is 518. The molecule has 1 unspecified atom stereocenters. The van der Waals surface area contributed by atoms with Crippen LogP contribution >= 0.6 is 0 Å². The van der Waals surface area contributed by atoms with E-state index in [1.165, 1.54) is 24.3 Å². The van der Waals surface area contributed by atoms with E-state index in [0.717, 1.165) is 11.1 Å². The summed E-state index contributed by atoms with van der Waals surface area (Å²) in [6.07, 6.45) is 0. The minimum absolute atomic E-state index is 0.313. The van der Waals surface area contributed by atoms with Crippen molar-refractivity contribution in [1.82, 2.24) is 5.43 Å². The fraction of sp³-hybridized carbons (Fsp3) is 0.143. The number of hydrogen-bond donors (Lipinski definition) is 2. The Balaban J connectivity index is 2.41. The van der Waals surface area contributed by atoms with Gasteiger partial charge in [0.1, 0.15) is 11.6 Å². The van der Waals surface area contributed by atoms with E-state index in [2.05, 4.69) is 5.43 Å². The summed E-state index contributed by atoms with van der Waals surface area (Å²) in [4.78, 5) is 0. The minimum atomic E-state index is -0.361. The number of nitrogens with two attached hydrogens (primary N) is 1. The van der Waals surface area contributed by atoms with Crippen LogP contribution < -0.4 is 11.3 Å². The lowest BCUT2D eigenvalue weighted by Crippen LogP contribution is -2.29. The monoisotopic (exact) mass is 248 g/mol. The van der Waals surface area contributed by atoms with Crippen LogP contribution in [0.4, 0.5) is 8.78 Å². The van der Waals surface area contributed by atoms with E-state index in [0.29, 0.717) is 5.56 Å². The third-order valence-corrected chi connectivity index (χ3v) is 2.77. The molecule has 0 spiro atoms. The van der Waals surface area contributed by atoms with Crippen LogP contribution in [0.1, 0.15) is 22.7 Å². The highest BCUT2D eigenvalue weighted by molar-refractivity contribution is 5.34. The Morgan fingerprint density at radius 3 is 2.17 bits per heavy atom. The topological polar surface area (TPSA) is 38.0 Å². The van der Waals surface area contributed by atoms with Gasteiger partial charge in [-0.05, 0) is 47.9 Å². The van der Waals surface area contributed by atoms with Crippen molar-refractivity contribution in [2.45, 2.75) is 13.0 Å². The molecule has 3 N–H and O–H groups in total. The molecule has 0 heterocycles. The first-order valence-electron chi connectivity index (χ1n) is 5.59. The second kappa shape index (κ2) is 5.25. The van der Waals surface area contributed by atoms with Gasteiger partial charge in [0.25, 0.3) is 0 Å². The molecular weight excluding hydrogens is 234 g/mol. The van der Waals surface area contributed by atoms with Crippen LogP contribution in [0.25, 0.3) is 0 Å². The molecule has 0 aliphatic heterocycles. The third-order valence-electron chi connectivity index (χ3n) is 2.77. The smallest absolute Gasteiger partial charge is 0.123 e. The summed E-state index contributed by atoms with van der Waals surface area (Å²) >= 11 is 0. The van der Waals surface area contributed by atoms with Crippen LogP contribution in [0.5, 0.6) is 0 Å². The molecule has 0 amide bonds. The maximum absolute atomic E-state index is 13.4. The van der Waals surface area contributed by atoms with E-state index in [1.54, 1.807) is 12.1 Å². The number of aryl methyl sites for hydroxylation is 1. The van der Waals surface area contributed by atoms with Gasteiger partial charge in [-0.3, -0.25) is 5.84 Å². The molecule has 2 rings (SSSR count). The van der Waals surface area contributed by atoms with Crippen molar-refractivity contribution in [1.29, 1.82) is 0 Å². The van der Waals surface area contributed by atoms with Crippen LogP contribution in [0, 0.1) is 18.6 Å². The summed E-state index contributed by atoms with van der Waals surface area (Å²) < 4.78 is 26.2. The molecule has 0 radical (unpaired) electrons. The number of benzene rings is 2. The lowest BCUT2D eigenvalue weighted by molar-refractivity contribution is 0.599. The molecule has 94 valence electrons. The quantitative estimate of drug-likeness (QED) is 0.647. The zero-order valence-corrected chi connectivity index (χ0v) is 9.95. The molecule has 0 bridgehead atoms. The van der Waals surface area contributed by atoms with Crippen LogP contribution in [0.15, 0.2) is 42.5 Å². The summed E-state index contributed by atoms with van der Waals surface area (Å²) in [7, 11) is 0. The SMILES string of the molecule is Cc1cc(F)cc(C(NN)c2ccc(F)cc2)c1. The van der Waals surface area contributed by atoms with Crippen molar-refractivity contribution < 1.29 is 8.78 Å². The van der Waals surface area contributed by atoms with Gasteiger partial charge in [0, 0.05) is 0 Å². The van der Waals surface area contributed by atoms with Gasteiger partial charge in [-0.2, -0.15) is 0 Å². The third kappa shape index (κ3) is 2.72. The Morgan fingerprint density at radius 1 is 0.944 bits per heavy atom. The molecule has 0 aliphatic carbocycles. The molecule has 2 aromatic rings. The lowest BCUT2D eigenvalue weighted by atomic mass is 9.98. The fourth-order valence-electron chi connectivity index (χ4n) is 1.97. The van der Waals surface area contributed by atoms with E-state index in [-0.39, 0.29) is 17.7 Å². The van der Waals surface area contributed by atoms with Crippen LogP contribution in [-0.2, 0) is 0 Å². The number of nitrogens with one attached hydrogen (secondary N) is 1. The lowest BCUT2D eigenvalue weighted by Gasteiger charge is -2.17. The molecular formula is C14H14F2N2. The number of rotatable bonds is 3. The molecule has 2 nitrogen and oxygen atoms in total. The molecule has 0 saturated heterocycles. The maximum Gasteiger partial charge on any atom is 0.123 e. The van der Waals surface area contributed by atoms with Crippen molar-refractivity contribution in [3.05, 3.63) is 70.8 Å². The van der Waals surface area contributed by atoms with Crippen molar-refractivity contribution in [3.8, 4) is 0 Å². The normalized spacial score (nSPS) is 12.4. The van der Waals surface area contributed by atoms with Gasteiger partial charge < -0.3 is 0 Å². The van der Waals surface area contributed by atoms with Gasteiger partial charge in [-0.1, -0.05) is 18.2 Å². The summed E-state index contributed by atoms with van der Waals surface area (Å²) in [6.45, 7) is 1.81. The van der Waals surface area contributed by atoms with Crippen LogP contribution in [-0.4, -0.2) is 0 Å². The Morgan fingerprint density at radius 2 is 1.61 bits per heavy atom.